The van der Waals surface area contributed by atoms with Gasteiger partial charge in [0.2, 0.25) is 5.91 Å². The molecule has 1 fully saturated rings. The summed E-state index contributed by atoms with van der Waals surface area (Å²) in [5.74, 6) is -0.200. The molecule has 1 aliphatic heterocycles. The van der Waals surface area contributed by atoms with Crippen molar-refractivity contribution < 1.29 is 39.8 Å². The Bertz CT molecular complexity index is 1200. The van der Waals surface area contributed by atoms with E-state index in [4.69, 9.17) is 9.47 Å². The lowest BCUT2D eigenvalue weighted by Gasteiger charge is -2.40. The van der Waals surface area contributed by atoms with Crippen LogP contribution >= 0.6 is 0 Å². The van der Waals surface area contributed by atoms with Gasteiger partial charge in [0.05, 0.1) is 25.4 Å². The highest BCUT2D eigenvalue weighted by Gasteiger charge is 2.44. The molecule has 1 aliphatic rings. The number of ether oxygens (including phenoxy) is 2. The van der Waals surface area contributed by atoms with E-state index in [0.29, 0.717) is 6.42 Å². The van der Waals surface area contributed by atoms with Crippen molar-refractivity contribution in [1.29, 1.82) is 0 Å². The van der Waals surface area contributed by atoms with Crippen LogP contribution in [0.1, 0.15) is 232 Å². The van der Waals surface area contributed by atoms with Crippen LogP contribution in [0.25, 0.3) is 0 Å². The lowest BCUT2D eigenvalue weighted by atomic mass is 9.99. The molecule has 65 heavy (non-hydrogen) atoms. The number of aliphatic hydroxyl groups excluding tert-OH is 5. The zero-order valence-electron chi connectivity index (χ0n) is 41.7. The number of hydrogen-bond donors (Lipinski definition) is 6. The van der Waals surface area contributed by atoms with E-state index in [-0.39, 0.29) is 12.5 Å². The molecule has 0 aromatic rings. The van der Waals surface area contributed by atoms with E-state index in [1.165, 1.54) is 148 Å². The molecular weight excluding hydrogens is 815 g/mol. The average Bonchev–Trinajstić information content (AvgIpc) is 3.31. The van der Waals surface area contributed by atoms with Gasteiger partial charge in [-0.15, -0.1) is 0 Å². The van der Waals surface area contributed by atoms with Gasteiger partial charge < -0.3 is 40.3 Å². The molecule has 1 saturated heterocycles. The maximum absolute atomic E-state index is 13.0. The van der Waals surface area contributed by atoms with Gasteiger partial charge in [0.25, 0.3) is 0 Å². The highest BCUT2D eigenvalue weighted by molar-refractivity contribution is 5.76. The minimum absolute atomic E-state index is 0.200. The Labute approximate surface area is 398 Å². The summed E-state index contributed by atoms with van der Waals surface area (Å²) in [7, 11) is 0. The zero-order valence-corrected chi connectivity index (χ0v) is 41.7. The average molecular weight is 916 g/mol. The van der Waals surface area contributed by atoms with Crippen molar-refractivity contribution in [2.75, 3.05) is 13.2 Å². The van der Waals surface area contributed by atoms with Gasteiger partial charge in [0.15, 0.2) is 6.29 Å². The first-order chi connectivity index (χ1) is 31.8. The SMILES string of the molecule is CCCCC/C=C\C/C=C\CCCCCCCCCC(=O)NC(COC1OC(CO)C(O)C(O)C1O)C(O)/C=C/CC/C=C/CC/C=C/CCCCCCCCCCCCCCCCC. The monoisotopic (exact) mass is 916 g/mol. The number of nitrogens with one attached hydrogen (secondary N) is 1. The van der Waals surface area contributed by atoms with E-state index < -0.39 is 49.5 Å². The molecular formula is C56H101NO8. The van der Waals surface area contributed by atoms with Crippen LogP contribution < -0.4 is 5.32 Å². The standard InChI is InChI=1S/C56H101NO8/c1-3-5-7-9-11-13-15-17-19-21-22-23-24-25-26-27-28-30-31-33-35-37-39-41-43-45-50(59)49(48-64-56-55(63)54(62)53(61)51(47-58)65-56)57-52(60)46-44-42-40-38-36-34-32-29-20-18-16-14-12-10-8-6-4-2/h12,14,18,20,28,30,35,37,43,45,49-51,53-56,58-59,61-63H,3-11,13,15-17,19,21-27,29,31-34,36,38-42,44,46-48H2,1-2H3,(H,57,60)/b14-12-,20-18-,30-28+,37-35+,45-43+. The predicted molar refractivity (Wildman–Crippen MR) is 272 cm³/mol. The van der Waals surface area contributed by atoms with Gasteiger partial charge >= 0.3 is 0 Å². The molecule has 1 heterocycles. The summed E-state index contributed by atoms with van der Waals surface area (Å²) in [6.07, 6.45) is 54.2. The molecule has 7 atom stereocenters. The van der Waals surface area contributed by atoms with Crippen molar-refractivity contribution in [3.8, 4) is 0 Å². The van der Waals surface area contributed by atoms with Gasteiger partial charge in [0.1, 0.15) is 24.4 Å². The van der Waals surface area contributed by atoms with Crippen molar-refractivity contribution >= 4 is 5.91 Å². The third-order valence-corrected chi connectivity index (χ3v) is 12.5. The van der Waals surface area contributed by atoms with Crippen molar-refractivity contribution in [3.05, 3.63) is 60.8 Å². The van der Waals surface area contributed by atoms with E-state index in [1.807, 2.05) is 6.08 Å². The lowest BCUT2D eigenvalue weighted by molar-refractivity contribution is -0.302. The molecule has 9 heteroatoms. The number of carbonyl (C=O) groups is 1. The first-order valence-corrected chi connectivity index (χ1v) is 27.0. The third kappa shape index (κ3) is 35.7. The fourth-order valence-electron chi connectivity index (χ4n) is 8.22. The summed E-state index contributed by atoms with van der Waals surface area (Å²) >= 11 is 0. The van der Waals surface area contributed by atoms with Crippen LogP contribution in [0.4, 0.5) is 0 Å². The van der Waals surface area contributed by atoms with Crippen LogP contribution in [-0.4, -0.2) is 87.5 Å². The second kappa shape index (κ2) is 45.7. The van der Waals surface area contributed by atoms with Crippen LogP contribution in [0, 0.1) is 0 Å². The minimum Gasteiger partial charge on any atom is -0.394 e. The van der Waals surface area contributed by atoms with Crippen LogP contribution in [0.3, 0.4) is 0 Å². The highest BCUT2D eigenvalue weighted by Crippen LogP contribution is 2.23. The van der Waals surface area contributed by atoms with Gasteiger partial charge in [-0.05, 0) is 77.0 Å². The fraction of sp³-hybridized carbons (Fsp3) is 0.804. The zero-order chi connectivity index (χ0) is 47.3. The van der Waals surface area contributed by atoms with Crippen molar-refractivity contribution in [3.63, 3.8) is 0 Å². The maximum Gasteiger partial charge on any atom is 0.220 e. The smallest absolute Gasteiger partial charge is 0.220 e. The second-order valence-electron chi connectivity index (χ2n) is 18.6. The Morgan fingerprint density at radius 1 is 0.523 bits per heavy atom. The van der Waals surface area contributed by atoms with Crippen molar-refractivity contribution in [2.24, 2.45) is 0 Å². The minimum atomic E-state index is -1.58. The Balaban J connectivity index is 2.31. The summed E-state index contributed by atoms with van der Waals surface area (Å²) in [5.41, 5.74) is 0. The number of amides is 1. The second-order valence-corrected chi connectivity index (χ2v) is 18.6. The highest BCUT2D eigenvalue weighted by atomic mass is 16.7. The Morgan fingerprint density at radius 2 is 0.923 bits per heavy atom. The number of allylic oxidation sites excluding steroid dienone is 9. The van der Waals surface area contributed by atoms with Gasteiger partial charge in [0, 0.05) is 6.42 Å². The van der Waals surface area contributed by atoms with Crippen molar-refractivity contribution in [2.45, 2.75) is 275 Å². The molecule has 7 unspecified atom stereocenters. The number of carbonyl (C=O) groups excluding carboxylic acids is 1. The largest absolute Gasteiger partial charge is 0.394 e. The molecule has 0 spiro atoms. The Morgan fingerprint density at radius 3 is 1.42 bits per heavy atom. The Hall–Kier alpha value is -2.11. The summed E-state index contributed by atoms with van der Waals surface area (Å²) in [6, 6.07) is -0.835. The molecule has 1 rings (SSSR count). The molecule has 0 saturated carbocycles. The van der Waals surface area contributed by atoms with E-state index >= 15 is 0 Å². The maximum atomic E-state index is 13.0. The molecule has 1 amide bonds. The van der Waals surface area contributed by atoms with E-state index in [2.05, 4.69) is 67.8 Å². The van der Waals surface area contributed by atoms with Crippen LogP contribution in [0.2, 0.25) is 0 Å². The summed E-state index contributed by atoms with van der Waals surface area (Å²) in [4.78, 5) is 13.0. The first kappa shape index (κ1) is 60.9. The Kier molecular flexibility index (Phi) is 42.8. The summed E-state index contributed by atoms with van der Waals surface area (Å²) < 4.78 is 11.2. The fourth-order valence-corrected chi connectivity index (χ4v) is 8.22. The van der Waals surface area contributed by atoms with Crippen LogP contribution in [0.15, 0.2) is 60.8 Å². The molecule has 378 valence electrons. The lowest BCUT2D eigenvalue weighted by Crippen LogP contribution is -2.60. The van der Waals surface area contributed by atoms with E-state index in [9.17, 15) is 30.3 Å². The van der Waals surface area contributed by atoms with Crippen LogP contribution in [0.5, 0.6) is 0 Å². The summed E-state index contributed by atoms with van der Waals surface area (Å²) in [6.45, 7) is 3.73. The third-order valence-electron chi connectivity index (χ3n) is 12.5. The van der Waals surface area contributed by atoms with E-state index in [0.717, 1.165) is 64.2 Å². The van der Waals surface area contributed by atoms with Gasteiger partial charge in [-0.2, -0.15) is 0 Å². The van der Waals surface area contributed by atoms with Gasteiger partial charge in [-0.1, -0.05) is 209 Å². The topological polar surface area (TPSA) is 149 Å². The number of rotatable bonds is 45. The summed E-state index contributed by atoms with van der Waals surface area (Å²) in [5, 5.41) is 54.4. The number of unbranched alkanes of at least 4 members (excludes halogenated alkanes) is 27. The normalized spacial score (nSPS) is 20.4. The van der Waals surface area contributed by atoms with Gasteiger partial charge in [-0.25, -0.2) is 0 Å². The molecule has 0 bridgehead atoms. The number of hydrogen-bond acceptors (Lipinski definition) is 8. The predicted octanol–water partition coefficient (Wildman–Crippen LogP) is 12.7. The molecule has 0 aromatic carbocycles. The molecule has 0 aromatic heterocycles. The number of aliphatic hydroxyl groups is 5. The van der Waals surface area contributed by atoms with E-state index in [1.54, 1.807) is 6.08 Å². The quantitative estimate of drug-likeness (QED) is 0.0261. The first-order valence-electron chi connectivity index (χ1n) is 27.0. The van der Waals surface area contributed by atoms with Crippen LogP contribution in [-0.2, 0) is 14.3 Å². The molecule has 0 radical (unpaired) electrons. The van der Waals surface area contributed by atoms with Gasteiger partial charge in [-0.3, -0.25) is 4.79 Å². The molecule has 9 nitrogen and oxygen atoms in total. The molecule has 6 N–H and O–H groups in total. The molecule has 0 aliphatic carbocycles. The van der Waals surface area contributed by atoms with Crippen molar-refractivity contribution in [1.82, 2.24) is 5.32 Å².